The van der Waals surface area contributed by atoms with Gasteiger partial charge < -0.3 is 5.32 Å². The van der Waals surface area contributed by atoms with Crippen LogP contribution in [-0.2, 0) is 24.2 Å². The van der Waals surface area contributed by atoms with Crippen molar-refractivity contribution in [3.63, 3.8) is 0 Å². The summed E-state index contributed by atoms with van der Waals surface area (Å²) in [6, 6.07) is 13.8. The second kappa shape index (κ2) is 8.77. The quantitative estimate of drug-likeness (QED) is 0.464. The highest BCUT2D eigenvalue weighted by Gasteiger charge is 2.21. The van der Waals surface area contributed by atoms with E-state index in [1.807, 2.05) is 47.8 Å². The van der Waals surface area contributed by atoms with Crippen molar-refractivity contribution in [1.29, 1.82) is 0 Å². The molecule has 1 N–H and O–H groups in total. The van der Waals surface area contributed by atoms with Gasteiger partial charge in [-0.15, -0.1) is 22.7 Å². The van der Waals surface area contributed by atoms with Crippen molar-refractivity contribution >= 4 is 38.8 Å². The van der Waals surface area contributed by atoms with Gasteiger partial charge in [-0.25, -0.2) is 4.98 Å². The largest absolute Gasteiger partial charge is 0.344 e. The SMILES string of the molecule is O=C(CCn1cnc2sc3c(c2c1=O)CCCC3)NC(c1ccccc1)c1cccs1. The Balaban J connectivity index is 1.34. The van der Waals surface area contributed by atoms with Gasteiger partial charge >= 0.3 is 0 Å². The zero-order valence-corrected chi connectivity index (χ0v) is 18.7. The van der Waals surface area contributed by atoms with Gasteiger partial charge in [0.25, 0.3) is 5.56 Å². The molecule has 1 aliphatic carbocycles. The van der Waals surface area contributed by atoms with E-state index in [0.29, 0.717) is 6.54 Å². The van der Waals surface area contributed by atoms with Gasteiger partial charge in [0, 0.05) is 22.7 Å². The first-order valence-corrected chi connectivity index (χ1v) is 12.3. The van der Waals surface area contributed by atoms with Crippen LogP contribution < -0.4 is 10.9 Å². The zero-order valence-electron chi connectivity index (χ0n) is 17.0. The molecule has 5 rings (SSSR count). The summed E-state index contributed by atoms with van der Waals surface area (Å²) in [5.74, 6) is -0.0819. The molecule has 1 amide bonds. The summed E-state index contributed by atoms with van der Waals surface area (Å²) in [5, 5.41) is 5.93. The Morgan fingerprint density at radius 1 is 1.13 bits per heavy atom. The molecule has 158 valence electrons. The molecule has 1 atom stereocenters. The lowest BCUT2D eigenvalue weighted by atomic mass is 9.97. The number of thiophene rings is 2. The van der Waals surface area contributed by atoms with E-state index < -0.39 is 0 Å². The lowest BCUT2D eigenvalue weighted by molar-refractivity contribution is -0.121. The molecule has 1 aromatic carbocycles. The standard InChI is InChI=1S/C24H23N3O2S2/c28-20(26-22(19-11-6-14-30-19)16-7-2-1-3-8-16)12-13-27-15-25-23-21(24(27)29)17-9-4-5-10-18(17)31-23/h1-3,6-8,11,14-15,22H,4-5,9-10,12-13H2,(H,26,28). The maximum Gasteiger partial charge on any atom is 0.262 e. The summed E-state index contributed by atoms with van der Waals surface area (Å²) in [4.78, 5) is 33.7. The highest BCUT2D eigenvalue weighted by Crippen LogP contribution is 2.33. The van der Waals surface area contributed by atoms with E-state index in [-0.39, 0.29) is 23.9 Å². The Labute approximate surface area is 188 Å². The van der Waals surface area contributed by atoms with Crippen LogP contribution in [0.25, 0.3) is 10.2 Å². The smallest absolute Gasteiger partial charge is 0.262 e. The molecule has 5 nitrogen and oxygen atoms in total. The molecule has 0 aliphatic heterocycles. The van der Waals surface area contributed by atoms with E-state index in [9.17, 15) is 9.59 Å². The number of nitrogens with zero attached hydrogens (tertiary/aromatic N) is 2. The first-order chi connectivity index (χ1) is 15.2. The fraction of sp³-hybridized carbons (Fsp3) is 0.292. The average molecular weight is 450 g/mol. The van der Waals surface area contributed by atoms with Crippen LogP contribution in [0.15, 0.2) is 59.0 Å². The van der Waals surface area contributed by atoms with Crippen LogP contribution in [0.1, 0.15) is 46.2 Å². The van der Waals surface area contributed by atoms with Crippen molar-refractivity contribution in [2.24, 2.45) is 0 Å². The van der Waals surface area contributed by atoms with Crippen LogP contribution in [0.3, 0.4) is 0 Å². The third-order valence-corrected chi connectivity index (χ3v) is 7.92. The lowest BCUT2D eigenvalue weighted by Gasteiger charge is -2.18. The predicted octanol–water partition coefficient (Wildman–Crippen LogP) is 4.69. The lowest BCUT2D eigenvalue weighted by Crippen LogP contribution is -2.31. The molecule has 0 bridgehead atoms. The molecule has 0 radical (unpaired) electrons. The highest BCUT2D eigenvalue weighted by molar-refractivity contribution is 7.18. The average Bonchev–Trinajstić information content (AvgIpc) is 3.46. The van der Waals surface area contributed by atoms with Gasteiger partial charge in [-0.2, -0.15) is 0 Å². The Bertz CT molecular complexity index is 1260. The number of hydrogen-bond donors (Lipinski definition) is 1. The zero-order chi connectivity index (χ0) is 21.2. The molecule has 1 unspecified atom stereocenters. The second-order valence-corrected chi connectivity index (χ2v) is 9.87. The molecule has 0 fully saturated rings. The highest BCUT2D eigenvalue weighted by atomic mass is 32.1. The first kappa shape index (κ1) is 20.2. The third-order valence-electron chi connectivity index (χ3n) is 5.79. The molecule has 4 aromatic rings. The van der Waals surface area contributed by atoms with Crippen molar-refractivity contribution in [2.75, 3.05) is 0 Å². The van der Waals surface area contributed by atoms with Crippen LogP contribution in [0.2, 0.25) is 0 Å². The second-order valence-electron chi connectivity index (χ2n) is 7.81. The molecule has 0 saturated heterocycles. The fourth-order valence-electron chi connectivity index (χ4n) is 4.22. The number of amides is 1. The minimum Gasteiger partial charge on any atom is -0.344 e. The maximum atomic E-state index is 13.1. The number of fused-ring (bicyclic) bond motifs is 3. The van der Waals surface area contributed by atoms with E-state index >= 15 is 0 Å². The summed E-state index contributed by atoms with van der Waals surface area (Å²) in [6.45, 7) is 0.324. The summed E-state index contributed by atoms with van der Waals surface area (Å²) < 4.78 is 1.59. The monoisotopic (exact) mass is 449 g/mol. The number of nitrogens with one attached hydrogen (secondary N) is 1. The number of benzene rings is 1. The number of carbonyl (C=O) groups is 1. The number of carbonyl (C=O) groups excluding carboxylic acids is 1. The Morgan fingerprint density at radius 2 is 1.97 bits per heavy atom. The number of aromatic nitrogens is 2. The van der Waals surface area contributed by atoms with E-state index in [2.05, 4.69) is 10.3 Å². The van der Waals surface area contributed by atoms with Gasteiger partial charge in [0.2, 0.25) is 5.91 Å². The Morgan fingerprint density at radius 3 is 2.77 bits per heavy atom. The maximum absolute atomic E-state index is 13.1. The summed E-state index contributed by atoms with van der Waals surface area (Å²) in [5.41, 5.74) is 2.21. The minimum atomic E-state index is -0.185. The van der Waals surface area contributed by atoms with E-state index in [0.717, 1.165) is 39.9 Å². The van der Waals surface area contributed by atoms with Gasteiger partial charge in [-0.3, -0.25) is 14.2 Å². The number of aryl methyl sites for hydroxylation is 3. The summed E-state index contributed by atoms with van der Waals surface area (Å²) in [6.07, 6.45) is 6.13. The van der Waals surface area contributed by atoms with Crippen LogP contribution in [-0.4, -0.2) is 15.5 Å². The predicted molar refractivity (Wildman–Crippen MR) is 126 cm³/mol. The van der Waals surface area contributed by atoms with Gasteiger partial charge in [0.15, 0.2) is 0 Å². The summed E-state index contributed by atoms with van der Waals surface area (Å²) in [7, 11) is 0. The van der Waals surface area contributed by atoms with Crippen molar-refractivity contribution < 1.29 is 4.79 Å². The van der Waals surface area contributed by atoms with Crippen molar-refractivity contribution in [3.8, 4) is 0 Å². The normalized spacial score (nSPS) is 14.3. The van der Waals surface area contributed by atoms with Gasteiger partial charge in [0.05, 0.1) is 17.8 Å². The van der Waals surface area contributed by atoms with Gasteiger partial charge in [-0.1, -0.05) is 36.4 Å². The first-order valence-electron chi connectivity index (χ1n) is 10.6. The Kier molecular flexibility index (Phi) is 5.70. The minimum absolute atomic E-state index is 0.0185. The molecular formula is C24H23N3O2S2. The van der Waals surface area contributed by atoms with Crippen LogP contribution in [0.5, 0.6) is 0 Å². The van der Waals surface area contributed by atoms with E-state index in [1.165, 1.54) is 16.9 Å². The van der Waals surface area contributed by atoms with Gasteiger partial charge in [0.1, 0.15) is 4.83 Å². The molecule has 0 saturated carbocycles. The summed E-state index contributed by atoms with van der Waals surface area (Å²) >= 11 is 3.27. The molecule has 31 heavy (non-hydrogen) atoms. The van der Waals surface area contributed by atoms with Crippen LogP contribution in [0.4, 0.5) is 0 Å². The molecule has 3 heterocycles. The van der Waals surface area contributed by atoms with E-state index in [1.54, 1.807) is 33.6 Å². The molecule has 3 aromatic heterocycles. The fourth-order valence-corrected chi connectivity index (χ4v) is 6.24. The third kappa shape index (κ3) is 4.07. The Hall–Kier alpha value is -2.77. The van der Waals surface area contributed by atoms with E-state index in [4.69, 9.17) is 0 Å². The van der Waals surface area contributed by atoms with Crippen molar-refractivity contribution in [2.45, 2.75) is 44.7 Å². The van der Waals surface area contributed by atoms with Crippen molar-refractivity contribution in [1.82, 2.24) is 14.9 Å². The van der Waals surface area contributed by atoms with Crippen molar-refractivity contribution in [3.05, 3.63) is 85.4 Å². The molecule has 0 spiro atoms. The molecule has 1 aliphatic rings. The van der Waals surface area contributed by atoms with Crippen LogP contribution >= 0.6 is 22.7 Å². The van der Waals surface area contributed by atoms with Crippen LogP contribution in [0, 0.1) is 0 Å². The van der Waals surface area contributed by atoms with Gasteiger partial charge in [-0.05, 0) is 48.3 Å². The molecule has 7 heteroatoms. The topological polar surface area (TPSA) is 64.0 Å². The molecular weight excluding hydrogens is 426 g/mol. The number of hydrogen-bond acceptors (Lipinski definition) is 5. The number of rotatable bonds is 6.